The number of ether oxygens (including phenoxy) is 3. The van der Waals surface area contributed by atoms with Gasteiger partial charge in [0.05, 0.1) is 43.8 Å². The van der Waals surface area contributed by atoms with Crippen LogP contribution in [0.2, 0.25) is 10.0 Å². The minimum atomic E-state index is -0.300. The third kappa shape index (κ3) is 5.35. The summed E-state index contributed by atoms with van der Waals surface area (Å²) in [5, 5.41) is 3.76. The fourth-order valence-electron chi connectivity index (χ4n) is 3.08. The molecule has 0 radical (unpaired) electrons. The molecular weight excluding hydrogens is 415 g/mol. The molecule has 0 aliphatic carbocycles. The number of methoxy groups -OCH3 is 2. The van der Waals surface area contributed by atoms with Gasteiger partial charge in [-0.2, -0.15) is 0 Å². The molecular formula is C21H22Cl2N2O4. The van der Waals surface area contributed by atoms with E-state index in [9.17, 15) is 4.79 Å². The lowest BCUT2D eigenvalue weighted by molar-refractivity contribution is -0.111. The normalized spacial score (nSPS) is 14.1. The SMILES string of the molecule is COc1ccc(N2CCOCC2)c(NC(=O)/C=C/c2cc(Cl)cc(Cl)c2OC)c1. The second-order valence-electron chi connectivity index (χ2n) is 6.32. The quantitative estimate of drug-likeness (QED) is 0.675. The van der Waals surface area contributed by atoms with E-state index in [0.717, 1.165) is 18.8 Å². The molecule has 1 N–H and O–H groups in total. The molecule has 2 aromatic carbocycles. The van der Waals surface area contributed by atoms with Crippen LogP contribution in [0.1, 0.15) is 5.56 Å². The van der Waals surface area contributed by atoms with Gasteiger partial charge in [-0.05, 0) is 30.3 Å². The third-order valence-electron chi connectivity index (χ3n) is 4.47. The number of carbonyl (C=O) groups is 1. The summed E-state index contributed by atoms with van der Waals surface area (Å²) < 4.78 is 16.0. The van der Waals surface area contributed by atoms with Crippen molar-refractivity contribution in [2.75, 3.05) is 50.7 Å². The Morgan fingerprint density at radius 3 is 2.59 bits per heavy atom. The van der Waals surface area contributed by atoms with Crippen LogP contribution in [0.15, 0.2) is 36.4 Å². The number of morpholine rings is 1. The van der Waals surface area contributed by atoms with Crippen molar-refractivity contribution in [2.45, 2.75) is 0 Å². The van der Waals surface area contributed by atoms with E-state index in [1.165, 1.54) is 13.2 Å². The fourth-order valence-corrected chi connectivity index (χ4v) is 3.67. The number of rotatable bonds is 6. The van der Waals surface area contributed by atoms with Crippen LogP contribution in [0.5, 0.6) is 11.5 Å². The van der Waals surface area contributed by atoms with E-state index in [-0.39, 0.29) is 5.91 Å². The van der Waals surface area contributed by atoms with Gasteiger partial charge >= 0.3 is 0 Å². The monoisotopic (exact) mass is 436 g/mol. The van der Waals surface area contributed by atoms with Gasteiger partial charge in [-0.15, -0.1) is 0 Å². The molecule has 1 saturated heterocycles. The van der Waals surface area contributed by atoms with Crippen LogP contribution in [-0.2, 0) is 9.53 Å². The lowest BCUT2D eigenvalue weighted by Gasteiger charge is -2.30. The highest BCUT2D eigenvalue weighted by Crippen LogP contribution is 2.33. The molecule has 1 aliphatic rings. The second-order valence-corrected chi connectivity index (χ2v) is 7.16. The van der Waals surface area contributed by atoms with E-state index in [0.29, 0.717) is 46.0 Å². The molecule has 1 aliphatic heterocycles. The highest BCUT2D eigenvalue weighted by atomic mass is 35.5. The zero-order valence-corrected chi connectivity index (χ0v) is 17.7. The number of carbonyl (C=O) groups excluding carboxylic acids is 1. The number of nitrogens with one attached hydrogen (secondary N) is 1. The number of halogens is 2. The Labute approximate surface area is 179 Å². The van der Waals surface area contributed by atoms with Gasteiger partial charge in [0.1, 0.15) is 11.5 Å². The highest BCUT2D eigenvalue weighted by Gasteiger charge is 2.16. The van der Waals surface area contributed by atoms with Crippen LogP contribution in [0.3, 0.4) is 0 Å². The molecule has 0 saturated carbocycles. The maximum absolute atomic E-state index is 12.6. The summed E-state index contributed by atoms with van der Waals surface area (Å²) in [6.45, 7) is 2.80. The Kier molecular flexibility index (Phi) is 7.25. The minimum Gasteiger partial charge on any atom is -0.497 e. The predicted molar refractivity (Wildman–Crippen MR) is 117 cm³/mol. The van der Waals surface area contributed by atoms with Crippen molar-refractivity contribution < 1.29 is 19.0 Å². The lowest BCUT2D eigenvalue weighted by Crippen LogP contribution is -2.36. The van der Waals surface area contributed by atoms with Crippen LogP contribution in [0.25, 0.3) is 6.08 Å². The first kappa shape index (κ1) is 21.3. The predicted octanol–water partition coefficient (Wildman–Crippen LogP) is 4.50. The van der Waals surface area contributed by atoms with Gasteiger partial charge in [0.15, 0.2) is 0 Å². The lowest BCUT2D eigenvalue weighted by atomic mass is 10.1. The molecule has 3 rings (SSSR count). The van der Waals surface area contributed by atoms with E-state index in [2.05, 4.69) is 10.2 Å². The summed E-state index contributed by atoms with van der Waals surface area (Å²) in [7, 11) is 3.10. The van der Waals surface area contributed by atoms with E-state index in [1.54, 1.807) is 31.4 Å². The fraction of sp³-hybridized carbons (Fsp3) is 0.286. The molecule has 0 unspecified atom stereocenters. The summed E-state index contributed by atoms with van der Waals surface area (Å²) in [4.78, 5) is 14.8. The van der Waals surface area contributed by atoms with Gasteiger partial charge in [0.2, 0.25) is 5.91 Å². The van der Waals surface area contributed by atoms with Gasteiger partial charge in [-0.1, -0.05) is 23.2 Å². The first-order chi connectivity index (χ1) is 14.0. The van der Waals surface area contributed by atoms with Crippen molar-refractivity contribution >= 4 is 46.6 Å². The van der Waals surface area contributed by atoms with Gasteiger partial charge < -0.3 is 24.4 Å². The molecule has 154 valence electrons. The number of nitrogens with zero attached hydrogens (tertiary/aromatic N) is 1. The molecule has 0 atom stereocenters. The molecule has 29 heavy (non-hydrogen) atoms. The largest absolute Gasteiger partial charge is 0.497 e. The van der Waals surface area contributed by atoms with Gasteiger partial charge in [0.25, 0.3) is 0 Å². The Hall–Kier alpha value is -2.41. The van der Waals surface area contributed by atoms with Crippen LogP contribution in [0, 0.1) is 0 Å². The number of amides is 1. The van der Waals surface area contributed by atoms with E-state index < -0.39 is 0 Å². The van der Waals surface area contributed by atoms with E-state index >= 15 is 0 Å². The minimum absolute atomic E-state index is 0.300. The summed E-state index contributed by atoms with van der Waals surface area (Å²) in [5.41, 5.74) is 2.19. The third-order valence-corrected chi connectivity index (χ3v) is 4.97. The summed E-state index contributed by atoms with van der Waals surface area (Å²) >= 11 is 12.2. The average molecular weight is 437 g/mol. The Morgan fingerprint density at radius 1 is 1.14 bits per heavy atom. The smallest absolute Gasteiger partial charge is 0.248 e. The highest BCUT2D eigenvalue weighted by molar-refractivity contribution is 6.36. The van der Waals surface area contributed by atoms with Crippen molar-refractivity contribution in [2.24, 2.45) is 0 Å². The van der Waals surface area contributed by atoms with Crippen molar-refractivity contribution in [1.82, 2.24) is 0 Å². The first-order valence-corrected chi connectivity index (χ1v) is 9.80. The van der Waals surface area contributed by atoms with Gasteiger partial charge in [-0.3, -0.25) is 4.79 Å². The summed E-state index contributed by atoms with van der Waals surface area (Å²) in [6.07, 6.45) is 3.02. The maximum atomic E-state index is 12.6. The maximum Gasteiger partial charge on any atom is 0.248 e. The molecule has 1 fully saturated rings. The topological polar surface area (TPSA) is 60.0 Å². The van der Waals surface area contributed by atoms with Crippen LogP contribution in [0.4, 0.5) is 11.4 Å². The number of hydrogen-bond acceptors (Lipinski definition) is 5. The molecule has 1 amide bonds. The van der Waals surface area contributed by atoms with Crippen LogP contribution >= 0.6 is 23.2 Å². The van der Waals surface area contributed by atoms with Crippen LogP contribution in [-0.4, -0.2) is 46.4 Å². The number of anilines is 2. The second kappa shape index (κ2) is 9.87. The first-order valence-electron chi connectivity index (χ1n) is 9.04. The molecule has 8 heteroatoms. The van der Waals surface area contributed by atoms with Crippen molar-refractivity contribution in [3.63, 3.8) is 0 Å². The zero-order valence-electron chi connectivity index (χ0n) is 16.2. The average Bonchev–Trinajstić information content (AvgIpc) is 2.72. The van der Waals surface area contributed by atoms with Crippen LogP contribution < -0.4 is 19.7 Å². The molecule has 6 nitrogen and oxygen atoms in total. The molecule has 1 heterocycles. The summed E-state index contributed by atoms with van der Waals surface area (Å²) in [6, 6.07) is 8.87. The molecule has 0 bridgehead atoms. The Balaban J connectivity index is 1.82. The molecule has 2 aromatic rings. The van der Waals surface area contributed by atoms with Gasteiger partial charge in [-0.25, -0.2) is 0 Å². The standard InChI is InChI=1S/C21H22Cl2N2O4/c1-27-16-4-5-19(25-7-9-29-10-8-25)18(13-16)24-20(26)6-3-14-11-15(22)12-17(23)21(14)28-2/h3-6,11-13H,7-10H2,1-2H3,(H,24,26)/b6-3+. The number of benzene rings is 2. The number of hydrogen-bond donors (Lipinski definition) is 1. The van der Waals surface area contributed by atoms with Gasteiger partial charge in [0, 0.05) is 35.8 Å². The van der Waals surface area contributed by atoms with E-state index in [4.69, 9.17) is 37.4 Å². The molecule has 0 spiro atoms. The molecule has 0 aromatic heterocycles. The van der Waals surface area contributed by atoms with Crippen molar-refractivity contribution in [3.8, 4) is 11.5 Å². The van der Waals surface area contributed by atoms with E-state index in [1.807, 2.05) is 12.1 Å². The van der Waals surface area contributed by atoms with Crippen molar-refractivity contribution in [3.05, 3.63) is 52.0 Å². The Bertz CT molecular complexity index is 912. The Morgan fingerprint density at radius 2 is 1.90 bits per heavy atom. The summed E-state index contributed by atoms with van der Waals surface area (Å²) in [5.74, 6) is 0.811. The van der Waals surface area contributed by atoms with Crippen molar-refractivity contribution in [1.29, 1.82) is 0 Å². The zero-order chi connectivity index (χ0) is 20.8.